The zero-order chi connectivity index (χ0) is 14.9. The van der Waals surface area contributed by atoms with E-state index in [4.69, 9.17) is 10.5 Å². The fraction of sp³-hybridized carbons (Fsp3) is 0.750. The van der Waals surface area contributed by atoms with Crippen molar-refractivity contribution in [2.24, 2.45) is 17.1 Å². The van der Waals surface area contributed by atoms with E-state index < -0.39 is 23.3 Å². The summed E-state index contributed by atoms with van der Waals surface area (Å²) >= 11 is 0. The molecule has 8 heteroatoms. The molecule has 2 saturated heterocycles. The van der Waals surface area contributed by atoms with Crippen molar-refractivity contribution in [2.75, 3.05) is 26.3 Å². The number of aliphatic carboxylic acids is 1. The quantitative estimate of drug-likeness (QED) is 0.613. The van der Waals surface area contributed by atoms with Crippen molar-refractivity contribution in [1.29, 1.82) is 0 Å². The zero-order valence-electron chi connectivity index (χ0n) is 11.3. The van der Waals surface area contributed by atoms with Crippen molar-refractivity contribution < 1.29 is 24.2 Å². The van der Waals surface area contributed by atoms with Gasteiger partial charge < -0.3 is 25.8 Å². The van der Waals surface area contributed by atoms with Crippen LogP contribution in [-0.4, -0.2) is 60.3 Å². The molecule has 2 rings (SSSR count). The number of nitrogens with two attached hydrogens (primary N) is 1. The summed E-state index contributed by atoms with van der Waals surface area (Å²) in [6.45, 7) is 2.50. The lowest BCUT2D eigenvalue weighted by Gasteiger charge is -2.27. The van der Waals surface area contributed by atoms with E-state index in [9.17, 15) is 19.5 Å². The summed E-state index contributed by atoms with van der Waals surface area (Å²) in [5.41, 5.74) is 4.08. The van der Waals surface area contributed by atoms with Gasteiger partial charge in [-0.3, -0.25) is 9.59 Å². The van der Waals surface area contributed by atoms with Crippen LogP contribution in [0.4, 0.5) is 4.79 Å². The van der Waals surface area contributed by atoms with Gasteiger partial charge in [-0.25, -0.2) is 4.79 Å². The highest BCUT2D eigenvalue weighted by atomic mass is 16.5. The van der Waals surface area contributed by atoms with Gasteiger partial charge in [0.05, 0.1) is 25.2 Å². The summed E-state index contributed by atoms with van der Waals surface area (Å²) in [6, 6.07) is -0.961. The summed E-state index contributed by atoms with van der Waals surface area (Å²) in [4.78, 5) is 35.9. The number of carboxylic acids is 1. The molecule has 0 aromatic heterocycles. The maximum atomic E-state index is 12.1. The van der Waals surface area contributed by atoms with E-state index in [2.05, 4.69) is 5.32 Å². The van der Waals surface area contributed by atoms with Crippen LogP contribution in [0, 0.1) is 11.3 Å². The van der Waals surface area contributed by atoms with E-state index in [1.54, 1.807) is 6.92 Å². The first kappa shape index (κ1) is 14.6. The molecule has 3 atom stereocenters. The lowest BCUT2D eigenvalue weighted by molar-refractivity contribution is -0.148. The van der Waals surface area contributed by atoms with Crippen LogP contribution in [0.2, 0.25) is 0 Å². The van der Waals surface area contributed by atoms with Gasteiger partial charge in [0, 0.05) is 13.1 Å². The second kappa shape index (κ2) is 5.28. The number of nitrogens with zero attached hydrogens (tertiary/aromatic N) is 1. The van der Waals surface area contributed by atoms with Crippen LogP contribution >= 0.6 is 0 Å². The molecule has 0 aliphatic carbocycles. The Morgan fingerprint density at radius 2 is 2.15 bits per heavy atom. The van der Waals surface area contributed by atoms with Crippen LogP contribution in [0.3, 0.4) is 0 Å². The molecule has 0 saturated carbocycles. The summed E-state index contributed by atoms with van der Waals surface area (Å²) in [6.07, 6.45) is 0.542. The van der Waals surface area contributed by atoms with Gasteiger partial charge >= 0.3 is 12.0 Å². The number of primary amides is 1. The number of amides is 3. The van der Waals surface area contributed by atoms with Crippen molar-refractivity contribution in [3.8, 4) is 0 Å². The predicted molar refractivity (Wildman–Crippen MR) is 67.8 cm³/mol. The topological polar surface area (TPSA) is 122 Å². The molecule has 112 valence electrons. The van der Waals surface area contributed by atoms with Crippen LogP contribution in [0.5, 0.6) is 0 Å². The minimum Gasteiger partial charge on any atom is -0.481 e. The molecule has 2 aliphatic heterocycles. The van der Waals surface area contributed by atoms with Crippen LogP contribution in [0.1, 0.15) is 13.3 Å². The second-order valence-corrected chi connectivity index (χ2v) is 5.57. The Kier molecular flexibility index (Phi) is 3.85. The third kappa shape index (κ3) is 2.55. The van der Waals surface area contributed by atoms with Crippen molar-refractivity contribution in [3.05, 3.63) is 0 Å². The van der Waals surface area contributed by atoms with Crippen molar-refractivity contribution in [2.45, 2.75) is 19.4 Å². The molecule has 20 heavy (non-hydrogen) atoms. The van der Waals surface area contributed by atoms with E-state index in [1.807, 2.05) is 0 Å². The van der Waals surface area contributed by atoms with E-state index in [-0.39, 0.29) is 31.7 Å². The minimum atomic E-state index is -1.13. The smallest absolute Gasteiger partial charge is 0.317 e. The first-order valence-corrected chi connectivity index (χ1v) is 6.50. The molecule has 2 heterocycles. The fourth-order valence-corrected chi connectivity index (χ4v) is 2.50. The first-order chi connectivity index (χ1) is 9.34. The monoisotopic (exact) mass is 285 g/mol. The Morgan fingerprint density at radius 1 is 1.45 bits per heavy atom. The molecule has 8 nitrogen and oxygen atoms in total. The summed E-state index contributed by atoms with van der Waals surface area (Å²) in [5.74, 6) is -1.75. The fourth-order valence-electron chi connectivity index (χ4n) is 2.50. The SMILES string of the molecule is CC1(C(=O)O)COCC1NC(=O)N1CCC(C(N)=O)C1. The van der Waals surface area contributed by atoms with E-state index in [0.717, 1.165) is 0 Å². The summed E-state index contributed by atoms with van der Waals surface area (Å²) < 4.78 is 5.17. The summed E-state index contributed by atoms with van der Waals surface area (Å²) in [7, 11) is 0. The average molecular weight is 285 g/mol. The van der Waals surface area contributed by atoms with Crippen LogP contribution in [0.25, 0.3) is 0 Å². The molecule has 4 N–H and O–H groups in total. The third-order valence-corrected chi connectivity index (χ3v) is 4.12. The zero-order valence-corrected chi connectivity index (χ0v) is 11.3. The highest BCUT2D eigenvalue weighted by molar-refractivity contribution is 5.81. The molecule has 0 spiro atoms. The van der Waals surface area contributed by atoms with Gasteiger partial charge in [0.25, 0.3) is 0 Å². The van der Waals surface area contributed by atoms with Crippen molar-refractivity contribution in [1.82, 2.24) is 10.2 Å². The first-order valence-electron chi connectivity index (χ1n) is 6.50. The van der Waals surface area contributed by atoms with Gasteiger partial charge in [0.1, 0.15) is 5.41 Å². The van der Waals surface area contributed by atoms with Crippen LogP contribution < -0.4 is 11.1 Å². The number of carbonyl (C=O) groups is 3. The molecule has 3 amide bonds. The van der Waals surface area contributed by atoms with Gasteiger partial charge in [-0.1, -0.05) is 0 Å². The Labute approximate surface area is 116 Å². The highest BCUT2D eigenvalue weighted by Gasteiger charge is 2.48. The highest BCUT2D eigenvalue weighted by Crippen LogP contribution is 2.29. The lowest BCUT2D eigenvalue weighted by Crippen LogP contribution is -2.53. The number of urea groups is 1. The van der Waals surface area contributed by atoms with Crippen molar-refractivity contribution >= 4 is 17.9 Å². The molecule has 2 aliphatic rings. The van der Waals surface area contributed by atoms with E-state index >= 15 is 0 Å². The van der Waals surface area contributed by atoms with Gasteiger partial charge in [0.2, 0.25) is 5.91 Å². The number of nitrogens with one attached hydrogen (secondary N) is 1. The normalized spacial score (nSPS) is 33.1. The maximum Gasteiger partial charge on any atom is 0.317 e. The number of carbonyl (C=O) groups excluding carboxylic acids is 2. The standard InChI is InChI=1S/C12H19N3O5/c1-12(10(17)18)6-20-5-8(12)14-11(19)15-3-2-7(4-15)9(13)16/h7-8H,2-6H2,1H3,(H2,13,16)(H,14,19)(H,17,18). The van der Waals surface area contributed by atoms with Crippen LogP contribution in [-0.2, 0) is 14.3 Å². The minimum absolute atomic E-state index is 0.0667. The molecular formula is C12H19N3O5. The van der Waals surface area contributed by atoms with E-state index in [1.165, 1.54) is 4.90 Å². The Bertz CT molecular complexity index is 441. The van der Waals surface area contributed by atoms with Gasteiger partial charge in [0.15, 0.2) is 0 Å². The molecule has 0 radical (unpaired) electrons. The van der Waals surface area contributed by atoms with Crippen molar-refractivity contribution in [3.63, 3.8) is 0 Å². The number of hydrogen-bond donors (Lipinski definition) is 3. The van der Waals surface area contributed by atoms with Gasteiger partial charge in [-0.2, -0.15) is 0 Å². The largest absolute Gasteiger partial charge is 0.481 e. The molecule has 3 unspecified atom stereocenters. The number of ether oxygens (including phenoxy) is 1. The molecule has 0 aromatic rings. The predicted octanol–water partition coefficient (Wildman–Crippen LogP) is -1.01. The Morgan fingerprint density at radius 3 is 2.70 bits per heavy atom. The van der Waals surface area contributed by atoms with Crippen LogP contribution in [0.15, 0.2) is 0 Å². The molecule has 2 fully saturated rings. The number of carboxylic acid groups (broad SMARTS) is 1. The summed E-state index contributed by atoms with van der Waals surface area (Å²) in [5, 5.41) is 11.9. The molecular weight excluding hydrogens is 266 g/mol. The maximum absolute atomic E-state index is 12.1. The molecule has 0 bridgehead atoms. The average Bonchev–Trinajstić information content (AvgIpc) is 2.98. The van der Waals surface area contributed by atoms with Gasteiger partial charge in [-0.15, -0.1) is 0 Å². The van der Waals surface area contributed by atoms with E-state index in [0.29, 0.717) is 13.0 Å². The van der Waals surface area contributed by atoms with Gasteiger partial charge in [-0.05, 0) is 13.3 Å². The Hall–Kier alpha value is -1.83. The number of rotatable bonds is 3. The lowest BCUT2D eigenvalue weighted by atomic mass is 9.85. The number of hydrogen-bond acceptors (Lipinski definition) is 4. The number of likely N-dealkylation sites (tertiary alicyclic amines) is 1. The second-order valence-electron chi connectivity index (χ2n) is 5.57. The Balaban J connectivity index is 1.95. The molecule has 0 aromatic carbocycles. The third-order valence-electron chi connectivity index (χ3n) is 4.12.